The summed E-state index contributed by atoms with van der Waals surface area (Å²) < 4.78 is 4.99. The van der Waals surface area contributed by atoms with Crippen molar-refractivity contribution in [3.8, 4) is 11.4 Å². The quantitative estimate of drug-likeness (QED) is 0.123. The number of aromatic nitrogens is 2. The summed E-state index contributed by atoms with van der Waals surface area (Å²) in [6, 6.07) is 65.7. The maximum atomic E-state index is 2.54. The van der Waals surface area contributed by atoms with Crippen molar-refractivity contribution in [1.29, 1.82) is 0 Å². The van der Waals surface area contributed by atoms with E-state index in [2.05, 4.69) is 209 Å². The summed E-state index contributed by atoms with van der Waals surface area (Å²) in [6.45, 7) is 0. The fraction of sp³-hybridized carbons (Fsp3) is 0.0417. The van der Waals surface area contributed by atoms with Gasteiger partial charge in [0.2, 0.25) is 0 Å². The monoisotopic (exact) mass is 668 g/mol. The van der Waals surface area contributed by atoms with Crippen molar-refractivity contribution >= 4 is 67.2 Å². The summed E-state index contributed by atoms with van der Waals surface area (Å²) in [4.78, 5) is 0. The zero-order valence-electron chi connectivity index (χ0n) is 28.2. The van der Waals surface area contributed by atoms with Gasteiger partial charge in [0.05, 0.1) is 22.1 Å². The Balaban J connectivity index is 1.39. The summed E-state index contributed by atoms with van der Waals surface area (Å²) in [5, 5.41) is 9.33. The standard InChI is InChI=1S/C48H36N2Si/c1-4-18-37(19-5-1)51(38-20-6-2-7-21-38,39-22-8-3-9-23-39)40-33-35(49-45-28-14-10-24-41(45)42-25-11-15-29-46(42)49)32-36(34-40)50-47-30-16-12-26-43(47)44-27-13-17-31-48(44)50/h1-22,24-34,39H,23H2. The summed E-state index contributed by atoms with van der Waals surface area (Å²) in [5.41, 5.74) is 7.56. The van der Waals surface area contributed by atoms with Crippen LogP contribution in [0.25, 0.3) is 55.0 Å². The van der Waals surface area contributed by atoms with Gasteiger partial charge in [-0.2, -0.15) is 0 Å². The van der Waals surface area contributed by atoms with Crippen molar-refractivity contribution in [2.45, 2.75) is 12.0 Å². The van der Waals surface area contributed by atoms with Gasteiger partial charge >= 0.3 is 0 Å². The number of para-hydroxylation sites is 4. The first-order chi connectivity index (χ1) is 25.3. The molecular formula is C48H36N2Si. The van der Waals surface area contributed by atoms with Gasteiger partial charge in [-0.15, -0.1) is 0 Å². The molecule has 10 rings (SSSR count). The highest BCUT2D eigenvalue weighted by Crippen LogP contribution is 2.37. The first-order valence-corrected chi connectivity index (χ1v) is 20.0. The zero-order chi connectivity index (χ0) is 33.8. The van der Waals surface area contributed by atoms with Gasteiger partial charge in [-0.3, -0.25) is 0 Å². The van der Waals surface area contributed by atoms with E-state index in [4.69, 9.17) is 0 Å². The highest BCUT2D eigenvalue weighted by atomic mass is 28.3. The molecule has 2 heterocycles. The minimum Gasteiger partial charge on any atom is -0.309 e. The fourth-order valence-corrected chi connectivity index (χ4v) is 14.3. The molecule has 2 nitrogen and oxygen atoms in total. The van der Waals surface area contributed by atoms with Crippen molar-refractivity contribution in [2.75, 3.05) is 0 Å². The number of benzene rings is 7. The maximum Gasteiger partial charge on any atom is 0.155 e. The molecule has 0 saturated heterocycles. The Morgan fingerprint density at radius 1 is 0.392 bits per heavy atom. The van der Waals surface area contributed by atoms with Crippen molar-refractivity contribution in [3.63, 3.8) is 0 Å². The average molecular weight is 669 g/mol. The minimum absolute atomic E-state index is 0.326. The van der Waals surface area contributed by atoms with E-state index in [9.17, 15) is 0 Å². The SMILES string of the molecule is C1=CCC([Si](c2ccccc2)(c2ccccc2)c2cc(-n3c4ccccc4c4ccccc43)cc(-n3c4ccccc4c4ccccc43)c2)C=C1. The maximum absolute atomic E-state index is 2.75. The third-order valence-electron chi connectivity index (χ3n) is 11.0. The molecule has 0 aliphatic heterocycles. The molecule has 0 fully saturated rings. The summed E-state index contributed by atoms with van der Waals surface area (Å²) in [7, 11) is -2.75. The van der Waals surface area contributed by atoms with Gasteiger partial charge in [-0.1, -0.05) is 158 Å². The van der Waals surface area contributed by atoms with Gasteiger partial charge < -0.3 is 9.13 Å². The molecule has 1 atom stereocenters. The topological polar surface area (TPSA) is 9.86 Å². The first-order valence-electron chi connectivity index (χ1n) is 17.9. The van der Waals surface area contributed by atoms with Gasteiger partial charge in [-0.05, 0) is 70.0 Å². The molecule has 0 bridgehead atoms. The van der Waals surface area contributed by atoms with Crippen molar-refractivity contribution in [2.24, 2.45) is 0 Å². The molecular weight excluding hydrogens is 633 g/mol. The van der Waals surface area contributed by atoms with E-state index in [0.29, 0.717) is 5.54 Å². The van der Waals surface area contributed by atoms with E-state index in [-0.39, 0.29) is 0 Å². The molecule has 0 N–H and O–H groups in total. The van der Waals surface area contributed by atoms with Crippen LogP contribution in [0.15, 0.2) is 200 Å². The number of hydrogen-bond acceptors (Lipinski definition) is 0. The van der Waals surface area contributed by atoms with Gasteiger partial charge in [0.15, 0.2) is 8.07 Å². The minimum atomic E-state index is -2.75. The van der Waals surface area contributed by atoms with E-state index >= 15 is 0 Å². The molecule has 242 valence electrons. The third kappa shape index (κ3) is 4.55. The van der Waals surface area contributed by atoms with Crippen molar-refractivity contribution < 1.29 is 0 Å². The van der Waals surface area contributed by atoms with Crippen LogP contribution in [0.2, 0.25) is 5.54 Å². The molecule has 9 aromatic rings. The predicted molar refractivity (Wildman–Crippen MR) is 219 cm³/mol. The summed E-state index contributed by atoms with van der Waals surface area (Å²) in [5.74, 6) is 0. The number of hydrogen-bond donors (Lipinski definition) is 0. The second kappa shape index (κ2) is 12.0. The van der Waals surface area contributed by atoms with Crippen LogP contribution in [0, 0.1) is 0 Å². The highest BCUT2D eigenvalue weighted by Gasteiger charge is 2.45. The summed E-state index contributed by atoms with van der Waals surface area (Å²) in [6.07, 6.45) is 10.3. The lowest BCUT2D eigenvalue weighted by molar-refractivity contribution is 0.997. The second-order valence-corrected chi connectivity index (χ2v) is 17.8. The highest BCUT2D eigenvalue weighted by molar-refractivity contribution is 7.12. The molecule has 2 aromatic heterocycles. The van der Waals surface area contributed by atoms with Crippen LogP contribution in [0.3, 0.4) is 0 Å². The van der Waals surface area contributed by atoms with Crippen LogP contribution < -0.4 is 15.6 Å². The molecule has 0 spiro atoms. The number of fused-ring (bicyclic) bond motifs is 6. The van der Waals surface area contributed by atoms with E-state index in [0.717, 1.165) is 6.42 Å². The average Bonchev–Trinajstić information content (AvgIpc) is 3.73. The van der Waals surface area contributed by atoms with Gasteiger partial charge in [-0.25, -0.2) is 0 Å². The fourth-order valence-electron chi connectivity index (χ4n) is 8.93. The van der Waals surface area contributed by atoms with Gasteiger partial charge in [0, 0.05) is 32.9 Å². The van der Waals surface area contributed by atoms with Gasteiger partial charge in [0.25, 0.3) is 0 Å². The van der Waals surface area contributed by atoms with Crippen LogP contribution in [-0.2, 0) is 0 Å². The lowest BCUT2D eigenvalue weighted by Crippen LogP contribution is -2.69. The third-order valence-corrected chi connectivity index (χ3v) is 16.3. The smallest absolute Gasteiger partial charge is 0.155 e. The Morgan fingerprint density at radius 3 is 1.18 bits per heavy atom. The largest absolute Gasteiger partial charge is 0.309 e. The van der Waals surface area contributed by atoms with Crippen LogP contribution >= 0.6 is 0 Å². The Hall–Kier alpha value is -6.16. The first kappa shape index (κ1) is 29.7. The van der Waals surface area contributed by atoms with Crippen LogP contribution in [0.5, 0.6) is 0 Å². The Labute approximate surface area is 298 Å². The second-order valence-electron chi connectivity index (χ2n) is 13.7. The lowest BCUT2D eigenvalue weighted by atomic mass is 10.2. The number of allylic oxidation sites excluding steroid dienone is 4. The molecule has 7 aromatic carbocycles. The summed E-state index contributed by atoms with van der Waals surface area (Å²) >= 11 is 0. The normalized spacial score (nSPS) is 14.6. The molecule has 51 heavy (non-hydrogen) atoms. The van der Waals surface area contributed by atoms with E-state index in [1.807, 2.05) is 0 Å². The Bertz CT molecular complexity index is 2510. The van der Waals surface area contributed by atoms with Crippen LogP contribution in [0.1, 0.15) is 6.42 Å². The molecule has 1 aliphatic carbocycles. The molecule has 0 amide bonds. The number of rotatable bonds is 6. The van der Waals surface area contributed by atoms with E-state index in [1.54, 1.807) is 0 Å². The van der Waals surface area contributed by atoms with Crippen LogP contribution in [0.4, 0.5) is 0 Å². The number of nitrogens with zero attached hydrogens (tertiary/aromatic N) is 2. The van der Waals surface area contributed by atoms with Gasteiger partial charge in [0.1, 0.15) is 0 Å². The molecule has 1 unspecified atom stereocenters. The lowest BCUT2D eigenvalue weighted by Gasteiger charge is -2.40. The molecule has 3 heteroatoms. The predicted octanol–water partition coefficient (Wildman–Crippen LogP) is 10.2. The van der Waals surface area contributed by atoms with E-state index in [1.165, 1.54) is 70.5 Å². The van der Waals surface area contributed by atoms with Crippen LogP contribution in [-0.4, -0.2) is 17.2 Å². The zero-order valence-corrected chi connectivity index (χ0v) is 29.2. The molecule has 0 radical (unpaired) electrons. The molecule has 0 saturated carbocycles. The van der Waals surface area contributed by atoms with Crippen molar-refractivity contribution in [1.82, 2.24) is 9.13 Å². The molecule has 1 aliphatic rings. The Kier molecular flexibility index (Phi) is 7.00. The Morgan fingerprint density at radius 2 is 0.784 bits per heavy atom. The van der Waals surface area contributed by atoms with Crippen molar-refractivity contribution in [3.05, 3.63) is 200 Å². The van der Waals surface area contributed by atoms with E-state index < -0.39 is 8.07 Å².